The van der Waals surface area contributed by atoms with Crippen LogP contribution in [0.5, 0.6) is 11.5 Å². The fourth-order valence-corrected chi connectivity index (χ4v) is 3.80. The molecule has 6 heteroatoms. The molecule has 3 aromatic carbocycles. The molecule has 0 atom stereocenters. The molecule has 0 spiro atoms. The number of carbonyl (C=O) groups is 1. The number of carboxylic acids is 1. The molecule has 0 heterocycles. The van der Waals surface area contributed by atoms with E-state index in [1.807, 2.05) is 13.0 Å². The summed E-state index contributed by atoms with van der Waals surface area (Å²) in [6.45, 7) is 1.91. The molecule has 0 saturated carbocycles. The summed E-state index contributed by atoms with van der Waals surface area (Å²) >= 11 is 4.03. The van der Waals surface area contributed by atoms with E-state index < -0.39 is 5.97 Å². The van der Waals surface area contributed by atoms with Crippen LogP contribution in [0.3, 0.4) is 0 Å². The van der Waals surface area contributed by atoms with Gasteiger partial charge in [0.2, 0.25) is 0 Å². The summed E-state index contributed by atoms with van der Waals surface area (Å²) in [7, 11) is 0. The molecule has 3 rings (SSSR count). The molecular weight excluding hydrogens is 523 g/mol. The standard InChI is InChI=1S/C25H23IO4S/c1-17-15-21(9-12-24(17)30-16-25(27)28)29-14-13-23(18-3-7-20(26)8-4-18)19-5-10-22(31-2)11-6-19/h3-13,15H,14,16H2,1-2H3,(H,27,28)/b23-13-. The number of hydrogen-bond acceptors (Lipinski definition) is 4. The van der Waals surface area contributed by atoms with Crippen LogP contribution >= 0.6 is 34.4 Å². The van der Waals surface area contributed by atoms with Gasteiger partial charge in [0, 0.05) is 8.47 Å². The number of rotatable bonds is 9. The molecule has 0 saturated heterocycles. The lowest BCUT2D eigenvalue weighted by molar-refractivity contribution is -0.139. The van der Waals surface area contributed by atoms with Gasteiger partial charge >= 0.3 is 5.97 Å². The van der Waals surface area contributed by atoms with Crippen molar-refractivity contribution in [2.24, 2.45) is 0 Å². The predicted molar refractivity (Wildman–Crippen MR) is 134 cm³/mol. The van der Waals surface area contributed by atoms with Gasteiger partial charge in [-0.05, 0) is 107 Å². The maximum Gasteiger partial charge on any atom is 0.341 e. The Morgan fingerprint density at radius 3 is 2.23 bits per heavy atom. The molecule has 0 amide bonds. The number of halogens is 1. The van der Waals surface area contributed by atoms with Crippen molar-refractivity contribution in [1.82, 2.24) is 0 Å². The molecule has 4 nitrogen and oxygen atoms in total. The fourth-order valence-electron chi connectivity index (χ4n) is 3.04. The first-order valence-corrected chi connectivity index (χ1v) is 11.9. The van der Waals surface area contributed by atoms with Crippen LogP contribution in [-0.4, -0.2) is 30.5 Å². The number of benzene rings is 3. The first kappa shape index (κ1) is 23.2. The Morgan fingerprint density at radius 2 is 1.65 bits per heavy atom. The van der Waals surface area contributed by atoms with Gasteiger partial charge in [0.25, 0.3) is 0 Å². The van der Waals surface area contributed by atoms with Gasteiger partial charge in [-0.3, -0.25) is 0 Å². The van der Waals surface area contributed by atoms with Crippen LogP contribution in [0.4, 0.5) is 0 Å². The molecule has 160 valence electrons. The summed E-state index contributed by atoms with van der Waals surface area (Å²) in [6.07, 6.45) is 4.15. The SMILES string of the molecule is CSc1ccc(/C(=C\COc2ccc(OCC(=O)O)c(C)c2)c2ccc(I)cc2)cc1. The Hall–Kier alpha value is -2.45. The van der Waals surface area contributed by atoms with E-state index in [1.54, 1.807) is 23.9 Å². The highest BCUT2D eigenvalue weighted by atomic mass is 127. The number of aliphatic carboxylic acids is 1. The lowest BCUT2D eigenvalue weighted by Gasteiger charge is -2.12. The zero-order valence-corrected chi connectivity index (χ0v) is 20.3. The first-order valence-electron chi connectivity index (χ1n) is 9.65. The van der Waals surface area contributed by atoms with Crippen molar-refractivity contribution in [3.05, 3.63) is 93.1 Å². The maximum absolute atomic E-state index is 10.7. The van der Waals surface area contributed by atoms with Crippen molar-refractivity contribution in [2.45, 2.75) is 11.8 Å². The number of thioether (sulfide) groups is 1. The summed E-state index contributed by atoms with van der Waals surface area (Å²) in [6, 6.07) is 22.3. The third-order valence-corrected chi connectivity index (χ3v) is 6.05. The summed E-state index contributed by atoms with van der Waals surface area (Å²) in [4.78, 5) is 11.9. The Labute approximate surface area is 200 Å². The number of carboxylic acid groups (broad SMARTS) is 1. The van der Waals surface area contributed by atoms with E-state index in [0.717, 1.165) is 22.3 Å². The number of aryl methyl sites for hydroxylation is 1. The molecule has 0 aliphatic rings. The summed E-state index contributed by atoms with van der Waals surface area (Å²) in [5.74, 6) is 0.244. The molecule has 0 aliphatic heterocycles. The normalized spacial score (nSPS) is 11.3. The summed E-state index contributed by atoms with van der Waals surface area (Å²) in [5, 5.41) is 8.76. The first-order chi connectivity index (χ1) is 15.0. The van der Waals surface area contributed by atoms with Gasteiger partial charge in [-0.1, -0.05) is 24.3 Å². The van der Waals surface area contributed by atoms with Crippen LogP contribution in [0.25, 0.3) is 5.57 Å². The largest absolute Gasteiger partial charge is 0.489 e. The van der Waals surface area contributed by atoms with E-state index in [9.17, 15) is 4.79 Å². The molecular formula is C25H23IO4S. The predicted octanol–water partition coefficient (Wildman–Crippen LogP) is 6.30. The smallest absolute Gasteiger partial charge is 0.341 e. The molecule has 3 aromatic rings. The highest BCUT2D eigenvalue weighted by Crippen LogP contribution is 2.27. The van der Waals surface area contributed by atoms with E-state index in [2.05, 4.69) is 83.5 Å². The van der Waals surface area contributed by atoms with Crippen LogP contribution in [-0.2, 0) is 4.79 Å². The summed E-state index contributed by atoms with van der Waals surface area (Å²) in [5.41, 5.74) is 4.21. The molecule has 0 unspecified atom stereocenters. The van der Waals surface area contributed by atoms with E-state index in [0.29, 0.717) is 18.1 Å². The highest BCUT2D eigenvalue weighted by molar-refractivity contribution is 14.1. The van der Waals surface area contributed by atoms with Crippen molar-refractivity contribution in [1.29, 1.82) is 0 Å². The Kier molecular flexibility index (Phi) is 8.43. The molecule has 31 heavy (non-hydrogen) atoms. The molecule has 0 aromatic heterocycles. The van der Waals surface area contributed by atoms with Crippen molar-refractivity contribution >= 4 is 45.9 Å². The van der Waals surface area contributed by atoms with Crippen molar-refractivity contribution in [3.8, 4) is 11.5 Å². The minimum atomic E-state index is -1.00. The molecule has 0 fully saturated rings. The second kappa shape index (κ2) is 11.2. The maximum atomic E-state index is 10.7. The van der Waals surface area contributed by atoms with E-state index >= 15 is 0 Å². The quantitative estimate of drug-likeness (QED) is 0.252. The number of hydrogen-bond donors (Lipinski definition) is 1. The minimum Gasteiger partial charge on any atom is -0.489 e. The Balaban J connectivity index is 1.78. The molecule has 0 bridgehead atoms. The average molecular weight is 546 g/mol. The lowest BCUT2D eigenvalue weighted by Crippen LogP contribution is -2.10. The second-order valence-corrected chi connectivity index (χ2v) is 8.90. The van der Waals surface area contributed by atoms with Gasteiger partial charge in [-0.25, -0.2) is 4.79 Å². The van der Waals surface area contributed by atoms with E-state index in [1.165, 1.54) is 8.47 Å². The zero-order chi connectivity index (χ0) is 22.2. The van der Waals surface area contributed by atoms with Gasteiger partial charge in [-0.15, -0.1) is 11.8 Å². The van der Waals surface area contributed by atoms with E-state index in [4.69, 9.17) is 14.6 Å². The van der Waals surface area contributed by atoms with Gasteiger partial charge < -0.3 is 14.6 Å². The Bertz CT molecular complexity index is 1060. The second-order valence-electron chi connectivity index (χ2n) is 6.77. The average Bonchev–Trinajstić information content (AvgIpc) is 2.77. The van der Waals surface area contributed by atoms with Crippen molar-refractivity contribution in [3.63, 3.8) is 0 Å². The van der Waals surface area contributed by atoms with Crippen LogP contribution < -0.4 is 9.47 Å². The van der Waals surface area contributed by atoms with Crippen molar-refractivity contribution in [2.75, 3.05) is 19.5 Å². The minimum absolute atomic E-state index is 0.363. The number of ether oxygens (including phenoxy) is 2. The van der Waals surface area contributed by atoms with Crippen LogP contribution in [0.1, 0.15) is 16.7 Å². The Morgan fingerprint density at radius 1 is 1.00 bits per heavy atom. The van der Waals surface area contributed by atoms with Gasteiger partial charge in [0.15, 0.2) is 6.61 Å². The molecule has 0 radical (unpaired) electrons. The lowest BCUT2D eigenvalue weighted by atomic mass is 9.98. The monoisotopic (exact) mass is 546 g/mol. The fraction of sp³-hybridized carbons (Fsp3) is 0.160. The highest BCUT2D eigenvalue weighted by Gasteiger charge is 2.07. The van der Waals surface area contributed by atoms with Crippen LogP contribution in [0.2, 0.25) is 0 Å². The third-order valence-electron chi connectivity index (χ3n) is 4.59. The van der Waals surface area contributed by atoms with Gasteiger partial charge in [0.1, 0.15) is 18.1 Å². The third kappa shape index (κ3) is 6.77. The zero-order valence-electron chi connectivity index (χ0n) is 17.3. The van der Waals surface area contributed by atoms with Gasteiger partial charge in [-0.2, -0.15) is 0 Å². The summed E-state index contributed by atoms with van der Waals surface area (Å²) < 4.78 is 12.4. The van der Waals surface area contributed by atoms with Crippen molar-refractivity contribution < 1.29 is 19.4 Å². The van der Waals surface area contributed by atoms with E-state index in [-0.39, 0.29) is 6.61 Å². The van der Waals surface area contributed by atoms with Crippen LogP contribution in [0.15, 0.2) is 77.7 Å². The molecule has 0 aliphatic carbocycles. The van der Waals surface area contributed by atoms with Gasteiger partial charge in [0.05, 0.1) is 0 Å². The van der Waals surface area contributed by atoms with Crippen LogP contribution in [0, 0.1) is 10.5 Å². The molecule has 1 N–H and O–H groups in total. The topological polar surface area (TPSA) is 55.8 Å².